The highest BCUT2D eigenvalue weighted by Crippen LogP contribution is 2.23. The number of aliphatic hydroxyl groups excluding tert-OH is 1. The quantitative estimate of drug-likeness (QED) is 0.857. The van der Waals surface area contributed by atoms with E-state index in [1.165, 1.54) is 0 Å². The minimum absolute atomic E-state index is 0.166. The lowest BCUT2D eigenvalue weighted by Gasteiger charge is -2.10. The summed E-state index contributed by atoms with van der Waals surface area (Å²) in [6.45, 7) is 6.13. The van der Waals surface area contributed by atoms with Crippen LogP contribution >= 0.6 is 0 Å². The highest BCUT2D eigenvalue weighted by Gasteiger charge is 2.15. The van der Waals surface area contributed by atoms with Crippen LogP contribution in [0.4, 0.5) is 5.69 Å². The Labute approximate surface area is 129 Å². The number of ether oxygens (including phenoxy) is 1. The van der Waals surface area contributed by atoms with Gasteiger partial charge >= 0.3 is 0 Å². The number of benzene rings is 1. The predicted octanol–water partition coefficient (Wildman–Crippen LogP) is 2.94. The van der Waals surface area contributed by atoms with E-state index in [-0.39, 0.29) is 24.1 Å². The zero-order valence-corrected chi connectivity index (χ0v) is 12.9. The summed E-state index contributed by atoms with van der Waals surface area (Å²) in [5.74, 6) is 1.07. The molecule has 2 rings (SSSR count). The maximum atomic E-state index is 12.1. The molecule has 0 bridgehead atoms. The van der Waals surface area contributed by atoms with E-state index in [4.69, 9.17) is 9.26 Å². The minimum atomic E-state index is -0.358. The zero-order chi connectivity index (χ0) is 16.1. The molecule has 6 nitrogen and oxygen atoms in total. The standard InChI is InChI=1S/C16H20N2O4/c1-4-21-14-6-5-12(7-11(14)9-19)17-16(20)13-8-15(10(2)3)22-18-13/h5-8,10,19H,4,9H2,1-3H3,(H,17,20). The molecule has 1 aromatic carbocycles. The summed E-state index contributed by atoms with van der Waals surface area (Å²) in [7, 11) is 0. The molecule has 0 unspecified atom stereocenters. The Balaban J connectivity index is 2.13. The van der Waals surface area contributed by atoms with Crippen molar-refractivity contribution in [2.24, 2.45) is 0 Å². The van der Waals surface area contributed by atoms with E-state index in [2.05, 4.69) is 10.5 Å². The minimum Gasteiger partial charge on any atom is -0.494 e. The van der Waals surface area contributed by atoms with E-state index in [9.17, 15) is 9.90 Å². The summed E-state index contributed by atoms with van der Waals surface area (Å²) in [4.78, 5) is 12.1. The maximum Gasteiger partial charge on any atom is 0.277 e. The molecule has 0 saturated heterocycles. The maximum absolute atomic E-state index is 12.1. The summed E-state index contributed by atoms with van der Waals surface area (Å²) >= 11 is 0. The average Bonchev–Trinajstić information content (AvgIpc) is 2.99. The van der Waals surface area contributed by atoms with E-state index < -0.39 is 0 Å². The second-order valence-electron chi connectivity index (χ2n) is 5.14. The van der Waals surface area contributed by atoms with Crippen LogP contribution < -0.4 is 10.1 Å². The summed E-state index contributed by atoms with van der Waals surface area (Å²) in [6.07, 6.45) is 0. The van der Waals surface area contributed by atoms with Crippen molar-refractivity contribution in [2.75, 3.05) is 11.9 Å². The van der Waals surface area contributed by atoms with Crippen molar-refractivity contribution in [1.29, 1.82) is 0 Å². The van der Waals surface area contributed by atoms with Gasteiger partial charge in [-0.1, -0.05) is 19.0 Å². The van der Waals surface area contributed by atoms with Crippen LogP contribution in [0.3, 0.4) is 0 Å². The Hall–Kier alpha value is -2.34. The number of anilines is 1. The van der Waals surface area contributed by atoms with Gasteiger partial charge in [0.25, 0.3) is 5.91 Å². The number of hydrogen-bond acceptors (Lipinski definition) is 5. The molecule has 118 valence electrons. The van der Waals surface area contributed by atoms with Crippen LogP contribution in [0.5, 0.6) is 5.75 Å². The molecule has 6 heteroatoms. The van der Waals surface area contributed by atoms with Crippen molar-refractivity contribution in [3.63, 3.8) is 0 Å². The number of nitrogens with zero attached hydrogens (tertiary/aromatic N) is 1. The van der Waals surface area contributed by atoms with Crippen molar-refractivity contribution in [1.82, 2.24) is 5.16 Å². The lowest BCUT2D eigenvalue weighted by Crippen LogP contribution is -2.12. The molecule has 22 heavy (non-hydrogen) atoms. The normalized spacial score (nSPS) is 10.8. The molecular formula is C16H20N2O4. The SMILES string of the molecule is CCOc1ccc(NC(=O)c2cc(C(C)C)on2)cc1CO. The topological polar surface area (TPSA) is 84.6 Å². The smallest absolute Gasteiger partial charge is 0.277 e. The molecule has 0 aliphatic carbocycles. The molecule has 1 aromatic heterocycles. The largest absolute Gasteiger partial charge is 0.494 e. The first kappa shape index (κ1) is 16.0. The second-order valence-corrected chi connectivity index (χ2v) is 5.14. The third-order valence-corrected chi connectivity index (χ3v) is 3.12. The van der Waals surface area contributed by atoms with E-state index in [0.717, 1.165) is 0 Å². The molecule has 0 aliphatic rings. The van der Waals surface area contributed by atoms with Crippen molar-refractivity contribution < 1.29 is 19.2 Å². The number of hydrogen-bond donors (Lipinski definition) is 2. The van der Waals surface area contributed by atoms with Crippen LogP contribution in [0.15, 0.2) is 28.8 Å². The van der Waals surface area contributed by atoms with Gasteiger partial charge in [-0.05, 0) is 25.1 Å². The third kappa shape index (κ3) is 3.65. The first-order valence-corrected chi connectivity index (χ1v) is 7.19. The van der Waals surface area contributed by atoms with Gasteiger partial charge < -0.3 is 19.7 Å². The molecule has 0 spiro atoms. The first-order valence-electron chi connectivity index (χ1n) is 7.19. The third-order valence-electron chi connectivity index (χ3n) is 3.12. The van der Waals surface area contributed by atoms with Gasteiger partial charge in [0, 0.05) is 23.2 Å². The van der Waals surface area contributed by atoms with Crippen LogP contribution in [0, 0.1) is 0 Å². The van der Waals surface area contributed by atoms with Gasteiger partial charge in [-0.3, -0.25) is 4.79 Å². The van der Waals surface area contributed by atoms with Crippen molar-refractivity contribution in [2.45, 2.75) is 33.3 Å². The Morgan fingerprint density at radius 2 is 2.18 bits per heavy atom. The second kappa shape index (κ2) is 7.09. The van der Waals surface area contributed by atoms with Gasteiger partial charge in [0.15, 0.2) is 5.69 Å². The summed E-state index contributed by atoms with van der Waals surface area (Å²) in [6, 6.07) is 6.73. The number of carbonyl (C=O) groups excluding carboxylic acids is 1. The molecule has 2 N–H and O–H groups in total. The molecule has 0 fully saturated rings. The Kier molecular flexibility index (Phi) is 5.16. The van der Waals surface area contributed by atoms with Crippen molar-refractivity contribution in [3.8, 4) is 5.75 Å². The van der Waals surface area contributed by atoms with Crippen LogP contribution in [0.1, 0.15) is 48.5 Å². The fourth-order valence-electron chi connectivity index (χ4n) is 1.94. The van der Waals surface area contributed by atoms with Crippen LogP contribution in [0.25, 0.3) is 0 Å². The lowest BCUT2D eigenvalue weighted by molar-refractivity contribution is 0.101. The molecular weight excluding hydrogens is 284 g/mol. The number of nitrogens with one attached hydrogen (secondary N) is 1. The fraction of sp³-hybridized carbons (Fsp3) is 0.375. The van der Waals surface area contributed by atoms with E-state index in [0.29, 0.717) is 29.4 Å². The predicted molar refractivity (Wildman–Crippen MR) is 82.1 cm³/mol. The lowest BCUT2D eigenvalue weighted by atomic mass is 10.1. The highest BCUT2D eigenvalue weighted by atomic mass is 16.5. The monoisotopic (exact) mass is 304 g/mol. The van der Waals surface area contributed by atoms with Crippen molar-refractivity contribution >= 4 is 11.6 Å². The van der Waals surface area contributed by atoms with Gasteiger partial charge in [0.05, 0.1) is 13.2 Å². The van der Waals surface area contributed by atoms with E-state index in [1.54, 1.807) is 24.3 Å². The van der Waals surface area contributed by atoms with E-state index >= 15 is 0 Å². The van der Waals surface area contributed by atoms with Crippen LogP contribution in [-0.2, 0) is 6.61 Å². The molecule has 1 heterocycles. The molecule has 0 aliphatic heterocycles. The Bertz CT molecular complexity index is 649. The molecule has 0 atom stereocenters. The van der Waals surface area contributed by atoms with Gasteiger partial charge in [0.2, 0.25) is 0 Å². The fourth-order valence-corrected chi connectivity index (χ4v) is 1.94. The number of rotatable bonds is 6. The van der Waals surface area contributed by atoms with Gasteiger partial charge in [0.1, 0.15) is 11.5 Å². The Morgan fingerprint density at radius 1 is 1.41 bits per heavy atom. The molecule has 0 saturated carbocycles. The molecule has 2 aromatic rings. The zero-order valence-electron chi connectivity index (χ0n) is 12.9. The average molecular weight is 304 g/mol. The number of aliphatic hydroxyl groups is 1. The van der Waals surface area contributed by atoms with Gasteiger partial charge in [-0.2, -0.15) is 0 Å². The molecule has 1 amide bonds. The van der Waals surface area contributed by atoms with Gasteiger partial charge in [-0.25, -0.2) is 0 Å². The first-order chi connectivity index (χ1) is 10.5. The Morgan fingerprint density at radius 3 is 2.77 bits per heavy atom. The van der Waals surface area contributed by atoms with E-state index in [1.807, 2.05) is 20.8 Å². The van der Waals surface area contributed by atoms with Crippen molar-refractivity contribution in [3.05, 3.63) is 41.3 Å². The summed E-state index contributed by atoms with van der Waals surface area (Å²) in [5.41, 5.74) is 1.40. The number of carbonyl (C=O) groups is 1. The van der Waals surface area contributed by atoms with Crippen LogP contribution in [-0.4, -0.2) is 22.8 Å². The number of aromatic nitrogens is 1. The summed E-state index contributed by atoms with van der Waals surface area (Å²) in [5, 5.41) is 15.9. The summed E-state index contributed by atoms with van der Waals surface area (Å²) < 4.78 is 10.5. The molecule has 0 radical (unpaired) electrons. The van der Waals surface area contributed by atoms with Crippen LogP contribution in [0.2, 0.25) is 0 Å². The number of amides is 1. The highest BCUT2D eigenvalue weighted by molar-refractivity contribution is 6.02. The van der Waals surface area contributed by atoms with Gasteiger partial charge in [-0.15, -0.1) is 0 Å².